The lowest BCUT2D eigenvalue weighted by atomic mass is 10.1. The number of hydrogen-bond acceptors (Lipinski definition) is 4. The summed E-state index contributed by atoms with van der Waals surface area (Å²) in [6.45, 7) is 10.5. The number of aryl methyl sites for hydroxylation is 3. The zero-order chi connectivity index (χ0) is 21.6. The maximum absolute atomic E-state index is 12.5. The number of anilines is 1. The second-order valence-electron chi connectivity index (χ2n) is 7.70. The van der Waals surface area contributed by atoms with Crippen LogP contribution in [-0.2, 0) is 14.3 Å². The van der Waals surface area contributed by atoms with Crippen molar-refractivity contribution < 1.29 is 24.0 Å². The van der Waals surface area contributed by atoms with E-state index in [1.165, 1.54) is 0 Å². The average molecular weight is 406 g/mol. The van der Waals surface area contributed by atoms with Crippen LogP contribution in [0.4, 0.5) is 10.5 Å². The van der Waals surface area contributed by atoms with E-state index in [0.29, 0.717) is 32.8 Å². The quantitative estimate of drug-likeness (QED) is 0.716. The predicted octanol–water partition coefficient (Wildman–Crippen LogP) is 0.366. The Morgan fingerprint density at radius 3 is 2.10 bits per heavy atom. The zero-order valence-electron chi connectivity index (χ0n) is 18.1. The van der Waals surface area contributed by atoms with E-state index in [4.69, 9.17) is 4.74 Å². The Balaban J connectivity index is 1.80. The van der Waals surface area contributed by atoms with Gasteiger partial charge in [0.2, 0.25) is 0 Å². The summed E-state index contributed by atoms with van der Waals surface area (Å²) in [5.41, 5.74) is 4.07. The molecule has 2 rings (SSSR count). The van der Waals surface area contributed by atoms with E-state index in [9.17, 15) is 14.4 Å². The first-order valence-corrected chi connectivity index (χ1v) is 10.1. The summed E-state index contributed by atoms with van der Waals surface area (Å²) in [7, 11) is 1.83. The molecule has 0 bridgehead atoms. The minimum atomic E-state index is -0.333. The highest BCUT2D eigenvalue weighted by Gasteiger charge is 2.26. The summed E-state index contributed by atoms with van der Waals surface area (Å²) >= 11 is 0. The van der Waals surface area contributed by atoms with Gasteiger partial charge in [-0.05, 0) is 38.8 Å². The smallest absolute Gasteiger partial charge is 0.409 e. The van der Waals surface area contributed by atoms with Gasteiger partial charge in [-0.2, -0.15) is 0 Å². The van der Waals surface area contributed by atoms with Gasteiger partial charge in [0.05, 0.1) is 13.7 Å². The fourth-order valence-corrected chi connectivity index (χ4v) is 3.62. The monoisotopic (exact) mass is 405 g/mol. The largest absolute Gasteiger partial charge is 0.450 e. The van der Waals surface area contributed by atoms with Crippen molar-refractivity contribution in [1.82, 2.24) is 9.80 Å². The molecule has 2 N–H and O–H groups in total. The number of nitrogens with one attached hydrogen (secondary N) is 2. The molecule has 1 saturated heterocycles. The van der Waals surface area contributed by atoms with Crippen LogP contribution in [0.3, 0.4) is 0 Å². The molecule has 1 fully saturated rings. The lowest BCUT2D eigenvalue weighted by molar-refractivity contribution is -0.862. The number of piperazine rings is 1. The molecule has 1 aromatic carbocycles. The molecule has 1 unspecified atom stereocenters. The average Bonchev–Trinajstić information content (AvgIpc) is 2.64. The lowest BCUT2D eigenvalue weighted by Crippen LogP contribution is -3.11. The van der Waals surface area contributed by atoms with Crippen molar-refractivity contribution in [1.29, 1.82) is 0 Å². The van der Waals surface area contributed by atoms with E-state index in [1.807, 2.05) is 40.0 Å². The van der Waals surface area contributed by atoms with Crippen LogP contribution in [0.1, 0.15) is 23.6 Å². The maximum Gasteiger partial charge on any atom is 0.409 e. The first kappa shape index (κ1) is 22.7. The number of rotatable bonds is 6. The van der Waals surface area contributed by atoms with E-state index in [0.717, 1.165) is 27.3 Å². The van der Waals surface area contributed by atoms with Crippen molar-refractivity contribution in [2.75, 3.05) is 58.2 Å². The number of ether oxygens (including phenoxy) is 1. The van der Waals surface area contributed by atoms with Gasteiger partial charge in [0.15, 0.2) is 13.1 Å². The standard InChI is InChI=1S/C21H32N4O4/c1-6-29-21(28)25-9-7-24(8-10-25)19(27)14-23(5)13-18(26)22-20-16(3)11-15(2)12-17(20)4/h11-12H,6-10,13-14H2,1-5H3,(H,22,26)/p+1. The van der Waals surface area contributed by atoms with Gasteiger partial charge in [-0.25, -0.2) is 4.79 Å². The molecule has 0 aliphatic carbocycles. The molecule has 0 spiro atoms. The molecular weight excluding hydrogens is 372 g/mol. The SMILES string of the molecule is CCOC(=O)N1CCN(C(=O)C[NH+](C)CC(=O)Nc2c(C)cc(C)cc2C)CC1. The predicted molar refractivity (Wildman–Crippen MR) is 111 cm³/mol. The summed E-state index contributed by atoms with van der Waals surface area (Å²) in [5.74, 6) is -0.126. The second-order valence-corrected chi connectivity index (χ2v) is 7.70. The number of amides is 3. The van der Waals surface area contributed by atoms with Gasteiger partial charge in [-0.15, -0.1) is 0 Å². The summed E-state index contributed by atoms with van der Waals surface area (Å²) < 4.78 is 4.99. The Morgan fingerprint density at radius 1 is 1.00 bits per heavy atom. The van der Waals surface area contributed by atoms with Crippen LogP contribution in [0.15, 0.2) is 12.1 Å². The van der Waals surface area contributed by atoms with Gasteiger partial charge in [0.25, 0.3) is 11.8 Å². The fraction of sp³-hybridized carbons (Fsp3) is 0.571. The Labute approximate surface area is 172 Å². The topological polar surface area (TPSA) is 83.4 Å². The molecule has 8 heteroatoms. The molecule has 1 atom stereocenters. The number of quaternary nitrogens is 1. The highest BCUT2D eigenvalue weighted by molar-refractivity contribution is 5.93. The summed E-state index contributed by atoms with van der Waals surface area (Å²) in [5, 5.41) is 2.98. The van der Waals surface area contributed by atoms with Crippen LogP contribution in [0.5, 0.6) is 0 Å². The van der Waals surface area contributed by atoms with Gasteiger partial charge in [0, 0.05) is 31.9 Å². The van der Waals surface area contributed by atoms with Gasteiger partial charge >= 0.3 is 6.09 Å². The Kier molecular flexibility index (Phi) is 8.01. The summed E-state index contributed by atoms with van der Waals surface area (Å²) in [6.07, 6.45) is -0.333. The lowest BCUT2D eigenvalue weighted by Gasteiger charge is -2.34. The number of carbonyl (C=O) groups is 3. The molecule has 8 nitrogen and oxygen atoms in total. The van der Waals surface area contributed by atoms with Crippen LogP contribution in [-0.4, -0.2) is 80.6 Å². The molecule has 1 aromatic rings. The van der Waals surface area contributed by atoms with Crippen LogP contribution < -0.4 is 10.2 Å². The van der Waals surface area contributed by atoms with E-state index in [2.05, 4.69) is 5.32 Å². The molecule has 1 heterocycles. The third-order valence-corrected chi connectivity index (χ3v) is 5.02. The summed E-state index contributed by atoms with van der Waals surface area (Å²) in [4.78, 5) is 40.9. The molecule has 29 heavy (non-hydrogen) atoms. The van der Waals surface area contributed by atoms with Gasteiger partial charge in [-0.3, -0.25) is 9.59 Å². The molecule has 3 amide bonds. The highest BCUT2D eigenvalue weighted by atomic mass is 16.6. The molecule has 0 radical (unpaired) electrons. The van der Waals surface area contributed by atoms with Crippen molar-refractivity contribution in [3.8, 4) is 0 Å². The second kappa shape index (κ2) is 10.2. The van der Waals surface area contributed by atoms with Crippen LogP contribution >= 0.6 is 0 Å². The fourth-order valence-electron chi connectivity index (χ4n) is 3.62. The number of benzene rings is 1. The minimum Gasteiger partial charge on any atom is -0.450 e. The molecule has 160 valence electrons. The Hall–Kier alpha value is -2.61. The van der Waals surface area contributed by atoms with Crippen LogP contribution in [0.25, 0.3) is 0 Å². The van der Waals surface area contributed by atoms with Crippen molar-refractivity contribution in [3.63, 3.8) is 0 Å². The van der Waals surface area contributed by atoms with E-state index in [-0.39, 0.29) is 31.0 Å². The van der Waals surface area contributed by atoms with Gasteiger partial charge < -0.3 is 24.8 Å². The molecule has 0 aromatic heterocycles. The third kappa shape index (κ3) is 6.45. The normalized spacial score (nSPS) is 15.1. The van der Waals surface area contributed by atoms with Crippen LogP contribution in [0.2, 0.25) is 0 Å². The number of likely N-dealkylation sites (N-methyl/N-ethyl adjacent to an activating group) is 1. The first-order valence-electron chi connectivity index (χ1n) is 10.1. The van der Waals surface area contributed by atoms with Crippen LogP contribution in [0, 0.1) is 20.8 Å². The van der Waals surface area contributed by atoms with Crippen molar-refractivity contribution in [3.05, 3.63) is 28.8 Å². The Morgan fingerprint density at radius 2 is 1.55 bits per heavy atom. The highest BCUT2D eigenvalue weighted by Crippen LogP contribution is 2.21. The Bertz CT molecular complexity index is 734. The zero-order valence-corrected chi connectivity index (χ0v) is 18.1. The maximum atomic E-state index is 12.5. The molecule has 0 saturated carbocycles. The minimum absolute atomic E-state index is 0.0125. The molecule has 1 aliphatic rings. The van der Waals surface area contributed by atoms with E-state index in [1.54, 1.807) is 16.7 Å². The third-order valence-electron chi connectivity index (χ3n) is 5.02. The summed E-state index contributed by atoms with van der Waals surface area (Å²) in [6, 6.07) is 4.08. The number of carbonyl (C=O) groups excluding carboxylic acids is 3. The van der Waals surface area contributed by atoms with E-state index >= 15 is 0 Å². The molecule has 1 aliphatic heterocycles. The van der Waals surface area contributed by atoms with Crippen molar-refractivity contribution >= 4 is 23.6 Å². The van der Waals surface area contributed by atoms with E-state index < -0.39 is 0 Å². The number of nitrogens with zero attached hydrogens (tertiary/aromatic N) is 2. The number of hydrogen-bond donors (Lipinski definition) is 2. The first-order chi connectivity index (χ1) is 13.7. The van der Waals surface area contributed by atoms with Gasteiger partial charge in [-0.1, -0.05) is 17.7 Å². The molecular formula is C21H33N4O4+. The van der Waals surface area contributed by atoms with Gasteiger partial charge in [0.1, 0.15) is 0 Å². The van der Waals surface area contributed by atoms with Crippen molar-refractivity contribution in [2.45, 2.75) is 27.7 Å². The van der Waals surface area contributed by atoms with Crippen molar-refractivity contribution in [2.24, 2.45) is 0 Å².